The zero-order chi connectivity index (χ0) is 15.4. The zero-order valence-corrected chi connectivity index (χ0v) is 12.3. The number of carboxylic acids is 1. The Hall–Kier alpha value is -2.63. The van der Waals surface area contributed by atoms with Gasteiger partial charge in [-0.25, -0.2) is 4.98 Å². The monoisotopic (exact) mass is 286 g/mol. The first-order valence-corrected chi connectivity index (χ1v) is 6.60. The number of hydrogen-bond donors (Lipinski definition) is 3. The highest BCUT2D eigenvalue weighted by Gasteiger charge is 2.06. The molecule has 1 heterocycles. The third-order valence-electron chi connectivity index (χ3n) is 3.12. The van der Waals surface area contributed by atoms with Gasteiger partial charge in [-0.3, -0.25) is 4.79 Å². The minimum atomic E-state index is -0.954. The van der Waals surface area contributed by atoms with E-state index < -0.39 is 5.97 Å². The van der Waals surface area contributed by atoms with E-state index in [2.05, 4.69) is 20.6 Å². The molecule has 0 unspecified atom stereocenters. The molecule has 2 aromatic rings. The van der Waals surface area contributed by atoms with Gasteiger partial charge in [0.15, 0.2) is 0 Å². The van der Waals surface area contributed by atoms with Crippen molar-refractivity contribution in [3.63, 3.8) is 0 Å². The van der Waals surface area contributed by atoms with E-state index in [0.717, 1.165) is 16.9 Å². The van der Waals surface area contributed by atoms with E-state index in [9.17, 15) is 4.79 Å². The molecule has 0 radical (unpaired) electrons. The van der Waals surface area contributed by atoms with Crippen LogP contribution in [0.1, 0.15) is 16.8 Å². The summed E-state index contributed by atoms with van der Waals surface area (Å²) in [6.07, 6.45) is 0. The van der Waals surface area contributed by atoms with Crippen LogP contribution in [0.25, 0.3) is 0 Å². The fourth-order valence-corrected chi connectivity index (χ4v) is 1.89. The second kappa shape index (κ2) is 6.21. The van der Waals surface area contributed by atoms with Gasteiger partial charge < -0.3 is 15.7 Å². The fraction of sp³-hybridized carbons (Fsp3) is 0.267. The Morgan fingerprint density at radius 1 is 1.24 bits per heavy atom. The highest BCUT2D eigenvalue weighted by Crippen LogP contribution is 2.22. The fourth-order valence-electron chi connectivity index (χ4n) is 1.89. The van der Waals surface area contributed by atoms with Crippen LogP contribution in [0, 0.1) is 20.8 Å². The van der Waals surface area contributed by atoms with E-state index in [4.69, 9.17) is 5.11 Å². The normalized spacial score (nSPS) is 10.2. The van der Waals surface area contributed by atoms with Crippen molar-refractivity contribution < 1.29 is 9.90 Å². The van der Waals surface area contributed by atoms with Crippen molar-refractivity contribution in [2.45, 2.75) is 20.8 Å². The molecule has 1 aromatic heterocycles. The molecule has 6 heteroatoms. The van der Waals surface area contributed by atoms with Crippen molar-refractivity contribution in [3.05, 3.63) is 41.1 Å². The number of aliphatic carboxylic acids is 1. The highest BCUT2D eigenvalue weighted by molar-refractivity contribution is 5.72. The van der Waals surface area contributed by atoms with Crippen LogP contribution in [0.4, 0.5) is 17.5 Å². The lowest BCUT2D eigenvalue weighted by molar-refractivity contribution is -0.134. The van der Waals surface area contributed by atoms with Gasteiger partial charge in [0, 0.05) is 17.4 Å². The average Bonchev–Trinajstić information content (AvgIpc) is 2.41. The zero-order valence-electron chi connectivity index (χ0n) is 12.3. The molecule has 0 aliphatic heterocycles. The number of benzene rings is 1. The summed E-state index contributed by atoms with van der Waals surface area (Å²) < 4.78 is 0. The summed E-state index contributed by atoms with van der Waals surface area (Å²) in [5.74, 6) is -0.0292. The van der Waals surface area contributed by atoms with Crippen LogP contribution in [0.5, 0.6) is 0 Å². The Labute approximate surface area is 123 Å². The topological polar surface area (TPSA) is 87.1 Å². The minimum Gasteiger partial charge on any atom is -0.480 e. The third-order valence-corrected chi connectivity index (χ3v) is 3.12. The smallest absolute Gasteiger partial charge is 0.322 e. The number of anilines is 3. The molecule has 0 aliphatic rings. The SMILES string of the molecule is Cc1cc(Nc2cccc(C)c2C)nc(NCC(=O)O)n1. The summed E-state index contributed by atoms with van der Waals surface area (Å²) in [6.45, 7) is 5.70. The van der Waals surface area contributed by atoms with Crippen molar-refractivity contribution in [3.8, 4) is 0 Å². The van der Waals surface area contributed by atoms with E-state index in [1.54, 1.807) is 0 Å². The summed E-state index contributed by atoms with van der Waals surface area (Å²) in [6, 6.07) is 7.81. The molecule has 2 rings (SSSR count). The standard InChI is InChI=1S/C15H18N4O2/c1-9-5-4-6-12(11(9)3)18-13-7-10(2)17-15(19-13)16-8-14(20)21/h4-7H,8H2,1-3H3,(H,20,21)(H2,16,17,18,19). The van der Waals surface area contributed by atoms with Gasteiger partial charge in [0.05, 0.1) is 0 Å². The predicted molar refractivity (Wildman–Crippen MR) is 82.1 cm³/mol. The van der Waals surface area contributed by atoms with Crippen LogP contribution in [-0.2, 0) is 4.79 Å². The maximum atomic E-state index is 10.6. The van der Waals surface area contributed by atoms with Crippen molar-refractivity contribution in [2.75, 3.05) is 17.2 Å². The van der Waals surface area contributed by atoms with Crippen LogP contribution >= 0.6 is 0 Å². The number of carbonyl (C=O) groups is 1. The van der Waals surface area contributed by atoms with Crippen molar-refractivity contribution >= 4 is 23.4 Å². The molecule has 0 fully saturated rings. The Balaban J connectivity index is 2.23. The van der Waals surface area contributed by atoms with Gasteiger partial charge in [-0.15, -0.1) is 0 Å². The first kappa shape index (κ1) is 14.8. The number of aryl methyl sites for hydroxylation is 2. The Kier molecular flexibility index (Phi) is 4.37. The average molecular weight is 286 g/mol. The van der Waals surface area contributed by atoms with Crippen LogP contribution in [0.3, 0.4) is 0 Å². The van der Waals surface area contributed by atoms with E-state index in [-0.39, 0.29) is 6.54 Å². The van der Waals surface area contributed by atoms with Gasteiger partial charge in [-0.05, 0) is 38.0 Å². The van der Waals surface area contributed by atoms with E-state index in [1.165, 1.54) is 5.56 Å². The van der Waals surface area contributed by atoms with Crippen LogP contribution in [0.2, 0.25) is 0 Å². The third kappa shape index (κ3) is 3.92. The maximum absolute atomic E-state index is 10.6. The maximum Gasteiger partial charge on any atom is 0.322 e. The van der Waals surface area contributed by atoms with Crippen molar-refractivity contribution in [1.29, 1.82) is 0 Å². The molecule has 0 saturated carbocycles. The van der Waals surface area contributed by atoms with Crippen LogP contribution in [0.15, 0.2) is 24.3 Å². The first-order chi connectivity index (χ1) is 9.95. The lowest BCUT2D eigenvalue weighted by Crippen LogP contribution is -2.15. The summed E-state index contributed by atoms with van der Waals surface area (Å²) in [5, 5.41) is 14.6. The second-order valence-electron chi connectivity index (χ2n) is 4.84. The number of carboxylic acid groups (broad SMARTS) is 1. The molecular weight excluding hydrogens is 268 g/mol. The largest absolute Gasteiger partial charge is 0.480 e. The molecule has 0 atom stereocenters. The molecular formula is C15H18N4O2. The van der Waals surface area contributed by atoms with Crippen molar-refractivity contribution in [1.82, 2.24) is 9.97 Å². The van der Waals surface area contributed by atoms with E-state index in [1.807, 2.05) is 45.0 Å². The lowest BCUT2D eigenvalue weighted by atomic mass is 10.1. The quantitative estimate of drug-likeness (QED) is 0.783. The van der Waals surface area contributed by atoms with Crippen LogP contribution < -0.4 is 10.6 Å². The number of nitrogens with zero attached hydrogens (tertiary/aromatic N) is 2. The Morgan fingerprint density at radius 3 is 2.71 bits per heavy atom. The molecule has 0 spiro atoms. The molecule has 1 aromatic carbocycles. The molecule has 0 saturated heterocycles. The van der Waals surface area contributed by atoms with Gasteiger partial charge in [0.25, 0.3) is 0 Å². The molecule has 21 heavy (non-hydrogen) atoms. The van der Waals surface area contributed by atoms with Crippen LogP contribution in [-0.4, -0.2) is 27.6 Å². The number of nitrogens with one attached hydrogen (secondary N) is 2. The number of aromatic nitrogens is 2. The second-order valence-corrected chi connectivity index (χ2v) is 4.84. The van der Waals surface area contributed by atoms with Gasteiger partial charge >= 0.3 is 5.97 Å². The van der Waals surface area contributed by atoms with Gasteiger partial charge in [0.2, 0.25) is 5.95 Å². The summed E-state index contributed by atoms with van der Waals surface area (Å²) >= 11 is 0. The highest BCUT2D eigenvalue weighted by atomic mass is 16.4. The van der Waals surface area contributed by atoms with E-state index in [0.29, 0.717) is 11.8 Å². The van der Waals surface area contributed by atoms with Gasteiger partial charge in [-0.1, -0.05) is 12.1 Å². The molecule has 0 aliphatic carbocycles. The lowest BCUT2D eigenvalue weighted by Gasteiger charge is -2.12. The molecule has 3 N–H and O–H groups in total. The van der Waals surface area contributed by atoms with E-state index >= 15 is 0 Å². The Bertz CT molecular complexity index is 671. The summed E-state index contributed by atoms with van der Waals surface area (Å²) in [4.78, 5) is 19.0. The summed E-state index contributed by atoms with van der Waals surface area (Å²) in [5.41, 5.74) is 4.06. The molecule has 6 nitrogen and oxygen atoms in total. The van der Waals surface area contributed by atoms with Crippen molar-refractivity contribution in [2.24, 2.45) is 0 Å². The first-order valence-electron chi connectivity index (χ1n) is 6.60. The Morgan fingerprint density at radius 2 is 2.00 bits per heavy atom. The summed E-state index contributed by atoms with van der Waals surface area (Å²) in [7, 11) is 0. The minimum absolute atomic E-state index is 0.216. The molecule has 0 amide bonds. The molecule has 110 valence electrons. The molecule has 0 bridgehead atoms. The number of rotatable bonds is 5. The van der Waals surface area contributed by atoms with Gasteiger partial charge in [-0.2, -0.15) is 4.98 Å². The number of hydrogen-bond acceptors (Lipinski definition) is 5. The van der Waals surface area contributed by atoms with Gasteiger partial charge in [0.1, 0.15) is 12.4 Å². The predicted octanol–water partition coefficient (Wildman–Crippen LogP) is 2.64.